The fourth-order valence-electron chi connectivity index (χ4n) is 2.31. The monoisotopic (exact) mass is 377 g/mol. The summed E-state index contributed by atoms with van der Waals surface area (Å²) in [7, 11) is 1.67. The van der Waals surface area contributed by atoms with Crippen LogP contribution in [0.2, 0.25) is 0 Å². The Labute approximate surface area is 147 Å². The van der Waals surface area contributed by atoms with Crippen LogP contribution in [0.3, 0.4) is 0 Å². The van der Waals surface area contributed by atoms with Gasteiger partial charge in [-0.3, -0.25) is 0 Å². The summed E-state index contributed by atoms with van der Waals surface area (Å²) in [5, 5.41) is 3.47. The maximum absolute atomic E-state index is 6.09. The molecule has 1 N–H and O–H groups in total. The van der Waals surface area contributed by atoms with Crippen LogP contribution in [0.15, 0.2) is 46.9 Å². The van der Waals surface area contributed by atoms with Gasteiger partial charge >= 0.3 is 0 Å². The lowest BCUT2D eigenvalue weighted by Gasteiger charge is -2.17. The summed E-state index contributed by atoms with van der Waals surface area (Å²) in [6.45, 7) is 4.47. The fourth-order valence-corrected chi connectivity index (χ4v) is 2.76. The number of hydrogen-bond donors (Lipinski definition) is 1. The Bertz CT molecular complexity index is 602. The summed E-state index contributed by atoms with van der Waals surface area (Å²) >= 11 is 3.63. The molecule has 0 bridgehead atoms. The molecule has 3 nitrogen and oxygen atoms in total. The summed E-state index contributed by atoms with van der Waals surface area (Å²) < 4.78 is 12.6. The molecule has 0 aliphatic heterocycles. The van der Waals surface area contributed by atoms with E-state index in [0.717, 1.165) is 40.2 Å². The lowest BCUT2D eigenvalue weighted by atomic mass is 10.1. The van der Waals surface area contributed by atoms with Crippen LogP contribution in [-0.4, -0.2) is 13.7 Å². The molecule has 0 atom stereocenters. The summed E-state index contributed by atoms with van der Waals surface area (Å²) in [5.74, 6) is 1.56. The molecule has 0 unspecified atom stereocenters. The molecule has 0 spiro atoms. The molecule has 0 aliphatic rings. The molecule has 23 heavy (non-hydrogen) atoms. The Morgan fingerprint density at radius 3 is 2.57 bits per heavy atom. The number of rotatable bonds is 9. The van der Waals surface area contributed by atoms with E-state index >= 15 is 0 Å². The first-order valence-electron chi connectivity index (χ1n) is 7.99. The van der Waals surface area contributed by atoms with Crippen LogP contribution in [0.1, 0.15) is 30.9 Å². The van der Waals surface area contributed by atoms with Gasteiger partial charge in [-0.15, -0.1) is 0 Å². The van der Waals surface area contributed by atoms with Crippen LogP contribution in [0.4, 0.5) is 0 Å². The van der Waals surface area contributed by atoms with Crippen LogP contribution in [0.25, 0.3) is 0 Å². The van der Waals surface area contributed by atoms with Gasteiger partial charge in [0.1, 0.15) is 6.61 Å². The van der Waals surface area contributed by atoms with Crippen LogP contribution in [0.5, 0.6) is 11.5 Å². The van der Waals surface area contributed by atoms with E-state index in [1.54, 1.807) is 7.11 Å². The molecular weight excluding hydrogens is 354 g/mol. The van der Waals surface area contributed by atoms with Crippen LogP contribution < -0.4 is 14.8 Å². The van der Waals surface area contributed by atoms with Crippen molar-refractivity contribution >= 4 is 15.9 Å². The smallest absolute Gasteiger partial charge is 0.167 e. The van der Waals surface area contributed by atoms with Crippen LogP contribution in [-0.2, 0) is 13.2 Å². The molecule has 4 heteroatoms. The van der Waals surface area contributed by atoms with Crippen molar-refractivity contribution in [2.24, 2.45) is 0 Å². The van der Waals surface area contributed by atoms with Crippen molar-refractivity contribution in [1.29, 1.82) is 0 Å². The van der Waals surface area contributed by atoms with E-state index in [1.165, 1.54) is 12.8 Å². The zero-order valence-electron chi connectivity index (χ0n) is 13.8. The van der Waals surface area contributed by atoms with Crippen molar-refractivity contribution in [2.75, 3.05) is 13.7 Å². The molecule has 0 saturated carbocycles. The molecule has 0 aromatic heterocycles. The average Bonchev–Trinajstić information content (AvgIpc) is 2.59. The highest BCUT2D eigenvalue weighted by Gasteiger charge is 2.14. The van der Waals surface area contributed by atoms with Crippen LogP contribution >= 0.6 is 15.9 Å². The number of hydrogen-bond acceptors (Lipinski definition) is 3. The van der Waals surface area contributed by atoms with E-state index in [9.17, 15) is 0 Å². The maximum atomic E-state index is 6.09. The Hall–Kier alpha value is -1.52. The third-order valence-electron chi connectivity index (χ3n) is 3.62. The Morgan fingerprint density at radius 1 is 1.09 bits per heavy atom. The molecule has 0 aliphatic carbocycles. The third-order valence-corrected chi connectivity index (χ3v) is 4.36. The predicted molar refractivity (Wildman–Crippen MR) is 98.1 cm³/mol. The molecule has 0 fully saturated rings. The number of unbranched alkanes of at least 4 members (excludes halogenated alkanes) is 1. The lowest BCUT2D eigenvalue weighted by Crippen LogP contribution is -2.16. The minimum atomic E-state index is 0.523. The van der Waals surface area contributed by atoms with E-state index in [1.807, 2.05) is 30.3 Å². The van der Waals surface area contributed by atoms with Gasteiger partial charge in [0.05, 0.1) is 7.11 Å². The molecular formula is C19H24BrNO2. The first-order valence-corrected chi connectivity index (χ1v) is 8.78. The highest BCUT2D eigenvalue weighted by molar-refractivity contribution is 9.10. The van der Waals surface area contributed by atoms with Gasteiger partial charge in [0.25, 0.3) is 0 Å². The number of nitrogens with one attached hydrogen (secondary N) is 1. The number of halogens is 1. The number of ether oxygens (including phenoxy) is 2. The number of methoxy groups -OCH3 is 1. The van der Waals surface area contributed by atoms with Crippen molar-refractivity contribution in [2.45, 2.75) is 32.9 Å². The standard InChI is InChI=1S/C19H24BrNO2/c1-3-4-12-21-13-16-17(20)10-11-18(22-2)19(16)23-14-15-8-6-5-7-9-15/h5-11,21H,3-4,12-14H2,1-2H3. The largest absolute Gasteiger partial charge is 0.493 e. The highest BCUT2D eigenvalue weighted by atomic mass is 79.9. The minimum Gasteiger partial charge on any atom is -0.493 e. The van der Waals surface area contributed by atoms with Crippen molar-refractivity contribution in [3.05, 3.63) is 58.1 Å². The van der Waals surface area contributed by atoms with E-state index in [2.05, 4.69) is 40.3 Å². The van der Waals surface area contributed by atoms with Crippen molar-refractivity contribution in [3.63, 3.8) is 0 Å². The highest BCUT2D eigenvalue weighted by Crippen LogP contribution is 2.36. The topological polar surface area (TPSA) is 30.5 Å². The van der Waals surface area contributed by atoms with Gasteiger partial charge in [-0.2, -0.15) is 0 Å². The normalized spacial score (nSPS) is 10.6. The van der Waals surface area contributed by atoms with E-state index in [0.29, 0.717) is 6.61 Å². The minimum absolute atomic E-state index is 0.523. The lowest BCUT2D eigenvalue weighted by molar-refractivity contribution is 0.280. The van der Waals surface area contributed by atoms with E-state index < -0.39 is 0 Å². The molecule has 2 rings (SSSR count). The number of benzene rings is 2. The van der Waals surface area contributed by atoms with Gasteiger partial charge < -0.3 is 14.8 Å². The Morgan fingerprint density at radius 2 is 1.87 bits per heavy atom. The quantitative estimate of drug-likeness (QED) is 0.628. The van der Waals surface area contributed by atoms with Gasteiger partial charge in [-0.25, -0.2) is 0 Å². The first-order chi connectivity index (χ1) is 11.3. The summed E-state index contributed by atoms with van der Waals surface area (Å²) in [6, 6.07) is 14.1. The summed E-state index contributed by atoms with van der Waals surface area (Å²) in [6.07, 6.45) is 2.35. The maximum Gasteiger partial charge on any atom is 0.167 e. The second kappa shape index (κ2) is 9.58. The molecule has 0 heterocycles. The van der Waals surface area contributed by atoms with Crippen molar-refractivity contribution in [1.82, 2.24) is 5.32 Å². The van der Waals surface area contributed by atoms with Crippen molar-refractivity contribution in [3.8, 4) is 11.5 Å². The van der Waals surface area contributed by atoms with Gasteiger partial charge in [0, 0.05) is 16.6 Å². The van der Waals surface area contributed by atoms with E-state index in [4.69, 9.17) is 9.47 Å². The molecule has 0 amide bonds. The molecule has 0 radical (unpaired) electrons. The zero-order chi connectivity index (χ0) is 16.5. The van der Waals surface area contributed by atoms with Gasteiger partial charge in [0.2, 0.25) is 0 Å². The molecule has 124 valence electrons. The molecule has 2 aromatic carbocycles. The van der Waals surface area contributed by atoms with E-state index in [-0.39, 0.29) is 0 Å². The van der Waals surface area contributed by atoms with Crippen LogP contribution in [0, 0.1) is 0 Å². The zero-order valence-corrected chi connectivity index (χ0v) is 15.4. The third kappa shape index (κ3) is 5.26. The summed E-state index contributed by atoms with van der Waals surface area (Å²) in [4.78, 5) is 0. The Kier molecular flexibility index (Phi) is 7.43. The van der Waals surface area contributed by atoms with Gasteiger partial charge in [-0.05, 0) is 30.7 Å². The SMILES string of the molecule is CCCCNCc1c(Br)ccc(OC)c1OCc1ccccc1. The molecule has 2 aromatic rings. The fraction of sp³-hybridized carbons (Fsp3) is 0.368. The second-order valence-electron chi connectivity index (χ2n) is 5.36. The average molecular weight is 378 g/mol. The second-order valence-corrected chi connectivity index (χ2v) is 6.22. The first kappa shape index (κ1) is 17.8. The van der Waals surface area contributed by atoms with Gasteiger partial charge in [0.15, 0.2) is 11.5 Å². The Balaban J connectivity index is 2.15. The molecule has 0 saturated heterocycles. The van der Waals surface area contributed by atoms with Gasteiger partial charge in [-0.1, -0.05) is 59.6 Å². The predicted octanol–water partition coefficient (Wildman–Crippen LogP) is 4.93. The summed E-state index contributed by atoms with van der Waals surface area (Å²) in [5.41, 5.74) is 2.23. The van der Waals surface area contributed by atoms with Crippen molar-refractivity contribution < 1.29 is 9.47 Å².